The van der Waals surface area contributed by atoms with Crippen LogP contribution in [-0.4, -0.2) is 51.1 Å². The van der Waals surface area contributed by atoms with Gasteiger partial charge in [0.1, 0.15) is 5.65 Å². The molecule has 0 radical (unpaired) electrons. The van der Waals surface area contributed by atoms with Crippen LogP contribution < -0.4 is 4.90 Å². The van der Waals surface area contributed by atoms with Crippen molar-refractivity contribution in [3.63, 3.8) is 0 Å². The molecule has 21 heavy (non-hydrogen) atoms. The predicted molar refractivity (Wildman–Crippen MR) is 82.5 cm³/mol. The van der Waals surface area contributed by atoms with E-state index in [2.05, 4.69) is 16.7 Å². The van der Waals surface area contributed by atoms with Gasteiger partial charge in [0.05, 0.1) is 12.3 Å². The number of piperazine rings is 1. The zero-order valence-corrected chi connectivity index (χ0v) is 12.4. The second kappa shape index (κ2) is 5.00. The summed E-state index contributed by atoms with van der Waals surface area (Å²) < 4.78 is 2.00. The van der Waals surface area contributed by atoms with E-state index in [1.807, 2.05) is 28.8 Å². The van der Waals surface area contributed by atoms with E-state index in [9.17, 15) is 5.11 Å². The third-order valence-corrected chi connectivity index (χ3v) is 4.97. The van der Waals surface area contributed by atoms with Crippen LogP contribution in [0, 0.1) is 0 Å². The van der Waals surface area contributed by atoms with E-state index < -0.39 is 0 Å². The molecule has 2 aromatic heterocycles. The Balaban J connectivity index is 1.75. The summed E-state index contributed by atoms with van der Waals surface area (Å²) in [6, 6.07) is 7.06. The number of imidazole rings is 1. The van der Waals surface area contributed by atoms with Gasteiger partial charge in [0.25, 0.3) is 0 Å². The molecule has 5 nitrogen and oxygen atoms in total. The first kappa shape index (κ1) is 13.1. The van der Waals surface area contributed by atoms with Crippen molar-refractivity contribution in [1.82, 2.24) is 14.3 Å². The Morgan fingerprint density at radius 3 is 3.10 bits per heavy atom. The Morgan fingerprint density at radius 2 is 2.24 bits per heavy atom. The lowest BCUT2D eigenvalue weighted by molar-refractivity contribution is 0.201. The van der Waals surface area contributed by atoms with Crippen molar-refractivity contribution in [1.29, 1.82) is 0 Å². The van der Waals surface area contributed by atoms with Crippen LogP contribution in [0.15, 0.2) is 24.4 Å². The minimum absolute atomic E-state index is 0.0259. The topological polar surface area (TPSA) is 44.0 Å². The molecule has 0 spiro atoms. The second-order valence-corrected chi connectivity index (χ2v) is 6.26. The zero-order valence-electron chi connectivity index (χ0n) is 12.4. The maximum atomic E-state index is 9.81. The van der Waals surface area contributed by atoms with Gasteiger partial charge in [0.2, 0.25) is 0 Å². The Kier molecular flexibility index (Phi) is 3.12. The largest absolute Gasteiger partial charge is 0.390 e. The molecule has 0 aromatic carbocycles. The molecule has 0 amide bonds. The van der Waals surface area contributed by atoms with Crippen LogP contribution in [-0.2, 0) is 6.61 Å². The summed E-state index contributed by atoms with van der Waals surface area (Å²) in [6.07, 6.45) is 4.57. The van der Waals surface area contributed by atoms with Crippen molar-refractivity contribution >= 4 is 11.5 Å². The number of fused-ring (bicyclic) bond motifs is 2. The summed E-state index contributed by atoms with van der Waals surface area (Å²) in [5.74, 6) is 0.961. The van der Waals surface area contributed by atoms with Crippen molar-refractivity contribution < 1.29 is 5.11 Å². The van der Waals surface area contributed by atoms with E-state index in [1.54, 1.807) is 0 Å². The molecule has 2 aliphatic rings. The number of pyridine rings is 1. The van der Waals surface area contributed by atoms with Gasteiger partial charge in [-0.1, -0.05) is 6.07 Å². The lowest BCUT2D eigenvalue weighted by atomic mass is 10.1. The van der Waals surface area contributed by atoms with E-state index in [0.29, 0.717) is 12.1 Å². The molecule has 2 fully saturated rings. The van der Waals surface area contributed by atoms with Crippen LogP contribution >= 0.6 is 0 Å². The first-order valence-corrected chi connectivity index (χ1v) is 7.85. The third kappa shape index (κ3) is 2.03. The molecule has 2 aliphatic heterocycles. The summed E-state index contributed by atoms with van der Waals surface area (Å²) in [7, 11) is 0. The molecule has 2 atom stereocenters. The van der Waals surface area contributed by atoms with E-state index in [0.717, 1.165) is 30.2 Å². The molecular formula is C16H22N4O. The van der Waals surface area contributed by atoms with Gasteiger partial charge in [-0.3, -0.25) is 9.30 Å². The molecule has 0 saturated carbocycles. The van der Waals surface area contributed by atoms with Crippen LogP contribution in [0.3, 0.4) is 0 Å². The summed E-state index contributed by atoms with van der Waals surface area (Å²) in [5.41, 5.74) is 1.82. The molecule has 2 unspecified atom stereocenters. The minimum Gasteiger partial charge on any atom is -0.390 e. The fourth-order valence-corrected chi connectivity index (χ4v) is 3.89. The number of rotatable bonds is 2. The minimum atomic E-state index is 0.0259. The van der Waals surface area contributed by atoms with Crippen molar-refractivity contribution in [2.75, 3.05) is 24.5 Å². The summed E-state index contributed by atoms with van der Waals surface area (Å²) in [5, 5.41) is 9.81. The van der Waals surface area contributed by atoms with Gasteiger partial charge in [-0.2, -0.15) is 0 Å². The quantitative estimate of drug-likeness (QED) is 0.908. The fraction of sp³-hybridized carbons (Fsp3) is 0.562. The van der Waals surface area contributed by atoms with Crippen molar-refractivity contribution in [3.8, 4) is 0 Å². The van der Waals surface area contributed by atoms with Crippen LogP contribution in [0.5, 0.6) is 0 Å². The van der Waals surface area contributed by atoms with Crippen molar-refractivity contribution in [2.24, 2.45) is 0 Å². The first-order chi connectivity index (χ1) is 10.3. The summed E-state index contributed by atoms with van der Waals surface area (Å²) >= 11 is 0. The number of hydrogen-bond acceptors (Lipinski definition) is 4. The third-order valence-electron chi connectivity index (χ3n) is 4.97. The molecule has 1 N–H and O–H groups in total. The van der Waals surface area contributed by atoms with Crippen molar-refractivity contribution in [3.05, 3.63) is 30.1 Å². The molecule has 0 aliphatic carbocycles. The fourth-order valence-electron chi connectivity index (χ4n) is 3.89. The Bertz CT molecular complexity index is 653. The zero-order chi connectivity index (χ0) is 14.4. The molecule has 5 heteroatoms. The Morgan fingerprint density at radius 1 is 1.33 bits per heavy atom. The first-order valence-electron chi connectivity index (χ1n) is 7.85. The smallest absolute Gasteiger partial charge is 0.153 e. The van der Waals surface area contributed by atoms with E-state index in [4.69, 9.17) is 4.98 Å². The highest BCUT2D eigenvalue weighted by Gasteiger charge is 2.36. The highest BCUT2D eigenvalue weighted by atomic mass is 16.3. The number of hydrogen-bond donors (Lipinski definition) is 1. The molecule has 4 rings (SSSR count). The van der Waals surface area contributed by atoms with E-state index >= 15 is 0 Å². The number of aromatic nitrogens is 2. The molecular weight excluding hydrogens is 264 g/mol. The van der Waals surface area contributed by atoms with E-state index in [1.165, 1.54) is 19.4 Å². The molecule has 2 aromatic rings. The number of aliphatic hydroxyl groups excluding tert-OH is 1. The Hall–Kier alpha value is -1.59. The van der Waals surface area contributed by atoms with Gasteiger partial charge in [-0.15, -0.1) is 0 Å². The van der Waals surface area contributed by atoms with Crippen LogP contribution in [0.1, 0.15) is 25.5 Å². The highest BCUT2D eigenvalue weighted by molar-refractivity contribution is 5.56. The molecule has 112 valence electrons. The van der Waals surface area contributed by atoms with Crippen LogP contribution in [0.25, 0.3) is 5.65 Å². The highest BCUT2D eigenvalue weighted by Crippen LogP contribution is 2.30. The predicted octanol–water partition coefficient (Wildman–Crippen LogP) is 1.50. The molecule has 4 heterocycles. The standard InChI is InChI=1S/C16H22N4O/c1-12-9-18-7-4-5-13(18)10-20(12)16-14(11-21)19-8-3-2-6-15(19)17-16/h2-3,6,8,12-13,21H,4-5,7,9-11H2,1H3. The second-order valence-electron chi connectivity index (χ2n) is 6.26. The lowest BCUT2D eigenvalue weighted by Crippen LogP contribution is -2.55. The summed E-state index contributed by atoms with van der Waals surface area (Å²) in [6.45, 7) is 5.65. The summed E-state index contributed by atoms with van der Waals surface area (Å²) in [4.78, 5) is 9.78. The lowest BCUT2D eigenvalue weighted by Gasteiger charge is -2.42. The van der Waals surface area contributed by atoms with Gasteiger partial charge in [-0.25, -0.2) is 4.98 Å². The normalized spacial score (nSPS) is 26.5. The van der Waals surface area contributed by atoms with Gasteiger partial charge in [0, 0.05) is 31.4 Å². The van der Waals surface area contributed by atoms with Crippen LogP contribution in [0.2, 0.25) is 0 Å². The van der Waals surface area contributed by atoms with Crippen molar-refractivity contribution in [2.45, 2.75) is 38.5 Å². The number of nitrogens with zero attached hydrogens (tertiary/aromatic N) is 4. The van der Waals surface area contributed by atoms with Gasteiger partial charge in [0.15, 0.2) is 5.82 Å². The molecule has 0 bridgehead atoms. The maximum Gasteiger partial charge on any atom is 0.153 e. The molecule has 2 saturated heterocycles. The average Bonchev–Trinajstić information content (AvgIpc) is 3.08. The average molecular weight is 286 g/mol. The number of aliphatic hydroxyl groups is 1. The van der Waals surface area contributed by atoms with Gasteiger partial charge >= 0.3 is 0 Å². The van der Waals surface area contributed by atoms with Gasteiger partial charge in [-0.05, 0) is 38.4 Å². The maximum absolute atomic E-state index is 9.81. The Labute approximate surface area is 124 Å². The SMILES string of the molecule is CC1CN2CCCC2CN1c1nc2ccccn2c1CO. The van der Waals surface area contributed by atoms with E-state index in [-0.39, 0.29) is 6.61 Å². The van der Waals surface area contributed by atoms with Crippen LogP contribution in [0.4, 0.5) is 5.82 Å². The monoisotopic (exact) mass is 286 g/mol. The number of anilines is 1. The van der Waals surface area contributed by atoms with Gasteiger partial charge < -0.3 is 10.0 Å².